The predicted molar refractivity (Wildman–Crippen MR) is 123 cm³/mol. The van der Waals surface area contributed by atoms with Crippen molar-refractivity contribution in [1.82, 2.24) is 14.7 Å². The van der Waals surface area contributed by atoms with Gasteiger partial charge in [-0.15, -0.1) is 0 Å². The van der Waals surface area contributed by atoms with E-state index in [0.717, 1.165) is 0 Å². The van der Waals surface area contributed by atoms with Gasteiger partial charge in [0.1, 0.15) is 11.6 Å². The third kappa shape index (κ3) is 3.44. The predicted octanol–water partition coefficient (Wildman–Crippen LogP) is 1.20. The molecular formula is C25H37N3O5. The number of likely N-dealkylation sites (tertiary alicyclic amines) is 1. The maximum absolute atomic E-state index is 14.2. The fraction of sp³-hybridized carbons (Fsp3) is 0.720. The van der Waals surface area contributed by atoms with E-state index >= 15 is 0 Å². The van der Waals surface area contributed by atoms with Crippen molar-refractivity contribution < 1.29 is 24.2 Å². The van der Waals surface area contributed by atoms with Crippen molar-refractivity contribution in [2.75, 3.05) is 26.7 Å². The van der Waals surface area contributed by atoms with E-state index in [2.05, 4.69) is 0 Å². The summed E-state index contributed by atoms with van der Waals surface area (Å²) in [4.78, 5) is 46.6. The summed E-state index contributed by atoms with van der Waals surface area (Å²) in [6, 6.07) is -1.53. The van der Waals surface area contributed by atoms with Crippen LogP contribution in [0.5, 0.6) is 0 Å². The number of carbonyl (C=O) groups excluding carboxylic acids is 3. The Morgan fingerprint density at radius 1 is 1.03 bits per heavy atom. The molecule has 182 valence electrons. The van der Waals surface area contributed by atoms with Gasteiger partial charge in [-0.25, -0.2) is 0 Å². The highest BCUT2D eigenvalue weighted by Crippen LogP contribution is 2.58. The zero-order valence-electron chi connectivity index (χ0n) is 20.5. The topological polar surface area (TPSA) is 90.4 Å². The lowest BCUT2D eigenvalue weighted by molar-refractivity contribution is -0.156. The highest BCUT2D eigenvalue weighted by Gasteiger charge is 2.75. The number of fused-ring (bicyclic) bond motifs is 2. The standard InChI is InChI=1S/C25H37N3O5/c1-15(2)13-17(14-29)28-20-23(32)27(16(3)4)12-8-10-25(20)19(22(28)31)18-21(30)26(6)11-7-9-24(18,5)33-25/h7-10,15-20,29H,11-14H2,1-6H3/t17-,18+,19+,20?,24-,25+/m1/s1. The molecule has 8 heteroatoms. The molecule has 4 aliphatic heterocycles. The highest BCUT2D eigenvalue weighted by molar-refractivity contribution is 6.00. The van der Waals surface area contributed by atoms with Crippen LogP contribution in [0.4, 0.5) is 0 Å². The molecule has 0 saturated carbocycles. The van der Waals surface area contributed by atoms with Crippen LogP contribution in [0.15, 0.2) is 24.3 Å². The second-order valence-corrected chi connectivity index (χ2v) is 10.8. The van der Waals surface area contributed by atoms with Crippen LogP contribution in [0, 0.1) is 17.8 Å². The smallest absolute Gasteiger partial charge is 0.249 e. The summed E-state index contributed by atoms with van der Waals surface area (Å²) < 4.78 is 6.73. The van der Waals surface area contributed by atoms with Gasteiger partial charge >= 0.3 is 0 Å². The Bertz CT molecular complexity index is 898. The summed E-state index contributed by atoms with van der Waals surface area (Å²) in [6.45, 7) is 10.4. The van der Waals surface area contributed by atoms with Crippen molar-refractivity contribution in [3.8, 4) is 0 Å². The molecule has 4 rings (SSSR count). The van der Waals surface area contributed by atoms with Crippen LogP contribution < -0.4 is 0 Å². The van der Waals surface area contributed by atoms with Crippen LogP contribution in [-0.2, 0) is 19.1 Å². The van der Waals surface area contributed by atoms with Gasteiger partial charge in [-0.1, -0.05) is 38.2 Å². The van der Waals surface area contributed by atoms with E-state index in [1.807, 2.05) is 58.9 Å². The van der Waals surface area contributed by atoms with Gasteiger partial charge in [-0.3, -0.25) is 14.4 Å². The number of hydrogen-bond donors (Lipinski definition) is 1. The number of rotatable bonds is 5. The first-order valence-corrected chi connectivity index (χ1v) is 12.0. The fourth-order valence-corrected chi connectivity index (χ4v) is 6.28. The second kappa shape index (κ2) is 8.24. The summed E-state index contributed by atoms with van der Waals surface area (Å²) in [7, 11) is 1.72. The first kappa shape index (κ1) is 24.0. The minimum atomic E-state index is -1.26. The number of aliphatic hydroxyl groups is 1. The third-order valence-electron chi connectivity index (χ3n) is 7.70. The first-order valence-electron chi connectivity index (χ1n) is 12.0. The van der Waals surface area contributed by atoms with Gasteiger partial charge in [0.05, 0.1) is 30.1 Å². The van der Waals surface area contributed by atoms with Crippen molar-refractivity contribution >= 4 is 17.7 Å². The monoisotopic (exact) mass is 459 g/mol. The molecule has 8 nitrogen and oxygen atoms in total. The molecule has 4 heterocycles. The van der Waals surface area contributed by atoms with Crippen LogP contribution in [0.2, 0.25) is 0 Å². The maximum atomic E-state index is 14.2. The zero-order valence-corrected chi connectivity index (χ0v) is 20.5. The van der Waals surface area contributed by atoms with E-state index in [4.69, 9.17) is 4.74 Å². The third-order valence-corrected chi connectivity index (χ3v) is 7.70. The number of likely N-dealkylation sites (N-methyl/N-ethyl adjacent to an activating group) is 1. The highest BCUT2D eigenvalue weighted by atomic mass is 16.5. The maximum Gasteiger partial charge on any atom is 0.249 e. The summed E-state index contributed by atoms with van der Waals surface area (Å²) in [5.74, 6) is -2.01. The molecule has 0 aromatic carbocycles. The van der Waals surface area contributed by atoms with Gasteiger partial charge in [0.25, 0.3) is 0 Å². The quantitative estimate of drug-likeness (QED) is 0.624. The first-order chi connectivity index (χ1) is 15.5. The molecule has 0 aliphatic carbocycles. The number of ether oxygens (including phenoxy) is 1. The molecule has 0 aromatic rings. The average Bonchev–Trinajstić information content (AvgIpc) is 3.01. The Morgan fingerprint density at radius 3 is 2.30 bits per heavy atom. The van der Waals surface area contributed by atoms with Crippen LogP contribution in [0.25, 0.3) is 0 Å². The number of hydrogen-bond acceptors (Lipinski definition) is 5. The lowest BCUT2D eigenvalue weighted by Gasteiger charge is -2.41. The van der Waals surface area contributed by atoms with E-state index in [1.165, 1.54) is 0 Å². The van der Waals surface area contributed by atoms with Gasteiger partial charge in [-0.05, 0) is 33.1 Å². The van der Waals surface area contributed by atoms with E-state index in [1.54, 1.807) is 21.7 Å². The Labute approximate surface area is 196 Å². The Balaban J connectivity index is 1.91. The molecule has 1 unspecified atom stereocenters. The lowest BCUT2D eigenvalue weighted by Crippen LogP contribution is -2.59. The molecule has 1 spiro atoms. The number of carbonyl (C=O) groups is 3. The normalized spacial score (nSPS) is 36.9. The number of amides is 3. The van der Waals surface area contributed by atoms with Crippen LogP contribution in [-0.4, -0.2) is 93.6 Å². The Morgan fingerprint density at radius 2 is 1.70 bits per heavy atom. The molecule has 1 N–H and O–H groups in total. The minimum absolute atomic E-state index is 0.0684. The van der Waals surface area contributed by atoms with E-state index in [-0.39, 0.29) is 36.3 Å². The van der Waals surface area contributed by atoms with Crippen molar-refractivity contribution in [2.45, 2.75) is 70.4 Å². The molecule has 0 bridgehead atoms. The van der Waals surface area contributed by atoms with Crippen LogP contribution in [0.3, 0.4) is 0 Å². The van der Waals surface area contributed by atoms with Crippen molar-refractivity contribution in [3.05, 3.63) is 24.3 Å². The summed E-state index contributed by atoms with van der Waals surface area (Å²) >= 11 is 0. The molecule has 33 heavy (non-hydrogen) atoms. The summed E-state index contributed by atoms with van der Waals surface area (Å²) in [5.41, 5.74) is -2.27. The van der Waals surface area contributed by atoms with Crippen LogP contribution >= 0.6 is 0 Å². The summed E-state index contributed by atoms with van der Waals surface area (Å²) in [6.07, 6.45) is 8.07. The molecule has 6 atom stereocenters. The van der Waals surface area contributed by atoms with E-state index in [0.29, 0.717) is 19.5 Å². The van der Waals surface area contributed by atoms with E-state index < -0.39 is 35.1 Å². The average molecular weight is 460 g/mol. The molecule has 3 amide bonds. The Hall–Kier alpha value is -2.19. The largest absolute Gasteiger partial charge is 0.394 e. The van der Waals surface area contributed by atoms with Gasteiger partial charge in [-0.2, -0.15) is 0 Å². The summed E-state index contributed by atoms with van der Waals surface area (Å²) in [5, 5.41) is 10.3. The molecule has 2 saturated heterocycles. The van der Waals surface area contributed by atoms with Crippen molar-refractivity contribution in [2.24, 2.45) is 17.8 Å². The molecule has 0 aromatic heterocycles. The zero-order chi connectivity index (χ0) is 24.3. The Kier molecular flexibility index (Phi) is 5.98. The molecular weight excluding hydrogens is 422 g/mol. The van der Waals surface area contributed by atoms with Crippen molar-refractivity contribution in [1.29, 1.82) is 0 Å². The second-order valence-electron chi connectivity index (χ2n) is 10.8. The fourth-order valence-electron chi connectivity index (χ4n) is 6.28. The molecule has 2 fully saturated rings. The number of aliphatic hydroxyl groups excluding tert-OH is 1. The molecule has 0 radical (unpaired) electrons. The van der Waals surface area contributed by atoms with E-state index in [9.17, 15) is 19.5 Å². The lowest BCUT2D eigenvalue weighted by atomic mass is 9.74. The SMILES string of the molecule is CC(C)C[C@H](CO)N1C(=O)[C@@H]2[C@H]3C(=O)N(C)CC=C[C@@]3(C)O[C@@]23C=CCN(C(C)C)C(=O)C13. The van der Waals surface area contributed by atoms with Gasteiger partial charge < -0.3 is 24.5 Å². The van der Waals surface area contributed by atoms with Crippen molar-refractivity contribution in [3.63, 3.8) is 0 Å². The van der Waals surface area contributed by atoms with Gasteiger partial charge in [0.2, 0.25) is 17.7 Å². The number of nitrogens with zero attached hydrogens (tertiary/aromatic N) is 3. The molecule has 4 aliphatic rings. The van der Waals surface area contributed by atoms with Gasteiger partial charge in [0.15, 0.2) is 0 Å². The minimum Gasteiger partial charge on any atom is -0.394 e. The van der Waals surface area contributed by atoms with Gasteiger partial charge in [0, 0.05) is 26.2 Å². The van der Waals surface area contributed by atoms with Crippen LogP contribution in [0.1, 0.15) is 41.0 Å².